The van der Waals surface area contributed by atoms with Crippen LogP contribution in [0.2, 0.25) is 5.02 Å². The van der Waals surface area contributed by atoms with Gasteiger partial charge < -0.3 is 5.73 Å². The van der Waals surface area contributed by atoms with Crippen molar-refractivity contribution in [3.63, 3.8) is 0 Å². The predicted octanol–water partition coefficient (Wildman–Crippen LogP) is 3.42. The van der Waals surface area contributed by atoms with Crippen molar-refractivity contribution in [1.82, 2.24) is 19.0 Å². The maximum absolute atomic E-state index is 12.9. The molecule has 0 saturated carbocycles. The molecule has 3 rings (SSSR count). The minimum absolute atomic E-state index is 0.129. The first-order chi connectivity index (χ1) is 9.79. The molecule has 3 aromatic rings. The first kappa shape index (κ1) is 14.1. The van der Waals surface area contributed by atoms with E-state index in [-0.39, 0.29) is 16.5 Å². The van der Waals surface area contributed by atoms with Crippen LogP contribution in [0, 0.1) is 6.92 Å². The van der Waals surface area contributed by atoms with Gasteiger partial charge in [0.1, 0.15) is 5.00 Å². The van der Waals surface area contributed by atoms with Gasteiger partial charge in [0.05, 0.1) is 21.8 Å². The van der Waals surface area contributed by atoms with Gasteiger partial charge >= 0.3 is 6.18 Å². The van der Waals surface area contributed by atoms with Crippen molar-refractivity contribution in [2.24, 2.45) is 0 Å². The quantitative estimate of drug-likeness (QED) is 0.741. The van der Waals surface area contributed by atoms with Gasteiger partial charge in [-0.05, 0) is 24.5 Å². The van der Waals surface area contributed by atoms with Crippen molar-refractivity contribution in [3.05, 3.63) is 28.5 Å². The molecule has 3 aromatic heterocycles. The lowest BCUT2D eigenvalue weighted by molar-refractivity contribution is -0.137. The summed E-state index contributed by atoms with van der Waals surface area (Å²) in [6, 6.07) is 0.817. The van der Waals surface area contributed by atoms with E-state index in [1.54, 1.807) is 6.92 Å². The van der Waals surface area contributed by atoms with Crippen molar-refractivity contribution in [2.75, 3.05) is 5.73 Å². The number of rotatable bonds is 1. The molecule has 0 spiro atoms. The Hall–Kier alpha value is -1.87. The van der Waals surface area contributed by atoms with Gasteiger partial charge in [-0.3, -0.25) is 4.40 Å². The van der Waals surface area contributed by atoms with Crippen LogP contribution in [0.4, 0.5) is 18.2 Å². The molecule has 0 fully saturated rings. The van der Waals surface area contributed by atoms with Crippen molar-refractivity contribution >= 4 is 33.8 Å². The van der Waals surface area contributed by atoms with Gasteiger partial charge in [-0.2, -0.15) is 17.5 Å². The van der Waals surface area contributed by atoms with E-state index in [4.69, 9.17) is 17.3 Å². The van der Waals surface area contributed by atoms with Crippen molar-refractivity contribution < 1.29 is 13.2 Å². The summed E-state index contributed by atoms with van der Waals surface area (Å²) in [6.45, 7) is 1.69. The Balaban J connectivity index is 2.34. The average molecular weight is 334 g/mol. The van der Waals surface area contributed by atoms with E-state index in [0.717, 1.165) is 23.8 Å². The predicted molar refractivity (Wildman–Crippen MR) is 73.3 cm³/mol. The summed E-state index contributed by atoms with van der Waals surface area (Å²) in [7, 11) is 0. The third kappa shape index (κ3) is 2.22. The smallest absolute Gasteiger partial charge is 0.389 e. The monoisotopic (exact) mass is 333 g/mol. The van der Waals surface area contributed by atoms with Crippen LogP contribution in [0.3, 0.4) is 0 Å². The molecule has 0 aliphatic rings. The highest BCUT2D eigenvalue weighted by Gasteiger charge is 2.32. The van der Waals surface area contributed by atoms with Crippen molar-refractivity contribution in [3.8, 4) is 11.4 Å². The number of halogens is 4. The summed E-state index contributed by atoms with van der Waals surface area (Å²) in [5.74, 6) is 0.182. The van der Waals surface area contributed by atoms with E-state index in [0.29, 0.717) is 16.3 Å². The highest BCUT2D eigenvalue weighted by atomic mass is 35.5. The number of alkyl halides is 3. The fourth-order valence-electron chi connectivity index (χ4n) is 1.94. The minimum atomic E-state index is -4.52. The van der Waals surface area contributed by atoms with E-state index in [1.807, 2.05) is 0 Å². The SMILES string of the molecule is Cc1nsc(N)c1-c1nnc2c(Cl)cc(C(F)(F)F)cn12. The summed E-state index contributed by atoms with van der Waals surface area (Å²) in [4.78, 5) is 0. The zero-order chi connectivity index (χ0) is 15.4. The first-order valence-electron chi connectivity index (χ1n) is 5.62. The van der Waals surface area contributed by atoms with Crippen LogP contribution in [0.25, 0.3) is 17.0 Å². The lowest BCUT2D eigenvalue weighted by atomic mass is 10.2. The van der Waals surface area contributed by atoms with E-state index in [9.17, 15) is 13.2 Å². The second-order valence-corrected chi connectivity index (χ2v) is 5.51. The highest BCUT2D eigenvalue weighted by Crippen LogP contribution is 2.35. The fourth-order valence-corrected chi connectivity index (χ4v) is 2.84. The molecule has 0 aliphatic carbocycles. The van der Waals surface area contributed by atoms with Crippen LogP contribution in [0.5, 0.6) is 0 Å². The van der Waals surface area contributed by atoms with E-state index >= 15 is 0 Å². The number of nitrogens with two attached hydrogens (primary N) is 1. The Bertz CT molecular complexity index is 819. The number of hydrogen-bond acceptors (Lipinski definition) is 5. The zero-order valence-electron chi connectivity index (χ0n) is 10.4. The molecule has 0 saturated heterocycles. The average Bonchev–Trinajstić information content (AvgIpc) is 2.93. The Morgan fingerprint density at radius 1 is 1.33 bits per heavy atom. The molecule has 0 radical (unpaired) electrons. The van der Waals surface area contributed by atoms with Crippen LogP contribution >= 0.6 is 23.1 Å². The van der Waals surface area contributed by atoms with E-state index in [2.05, 4.69) is 14.6 Å². The number of aryl methyl sites for hydroxylation is 1. The molecular weight excluding hydrogens is 327 g/mol. The number of anilines is 1. The van der Waals surface area contributed by atoms with Gasteiger partial charge in [0.25, 0.3) is 0 Å². The summed E-state index contributed by atoms with van der Waals surface area (Å²) >= 11 is 6.90. The van der Waals surface area contributed by atoms with Gasteiger partial charge in [0.2, 0.25) is 0 Å². The van der Waals surface area contributed by atoms with Gasteiger partial charge in [0, 0.05) is 6.20 Å². The number of aromatic nitrogens is 4. The van der Waals surface area contributed by atoms with Crippen molar-refractivity contribution in [1.29, 1.82) is 0 Å². The number of nitrogens with zero attached hydrogens (tertiary/aromatic N) is 4. The molecule has 0 unspecified atom stereocenters. The summed E-state index contributed by atoms with van der Waals surface area (Å²) in [5, 5.41) is 7.93. The zero-order valence-corrected chi connectivity index (χ0v) is 12.0. The molecule has 0 bridgehead atoms. The van der Waals surface area contributed by atoms with Gasteiger partial charge in [-0.15, -0.1) is 10.2 Å². The Labute approximate surface area is 125 Å². The highest BCUT2D eigenvalue weighted by molar-refractivity contribution is 7.10. The largest absolute Gasteiger partial charge is 0.417 e. The van der Waals surface area contributed by atoms with Crippen LogP contribution in [-0.2, 0) is 6.18 Å². The molecular formula is C11H7ClF3N5S. The maximum Gasteiger partial charge on any atom is 0.417 e. The van der Waals surface area contributed by atoms with E-state index < -0.39 is 11.7 Å². The summed E-state index contributed by atoms with van der Waals surface area (Å²) in [6.07, 6.45) is -3.63. The molecule has 21 heavy (non-hydrogen) atoms. The lowest BCUT2D eigenvalue weighted by Crippen LogP contribution is -2.07. The Kier molecular flexibility index (Phi) is 3.06. The first-order valence-corrected chi connectivity index (χ1v) is 6.77. The molecule has 110 valence electrons. The van der Waals surface area contributed by atoms with Gasteiger partial charge in [-0.1, -0.05) is 11.6 Å². The molecule has 0 atom stereocenters. The second-order valence-electron chi connectivity index (χ2n) is 4.30. The van der Waals surface area contributed by atoms with Crippen molar-refractivity contribution in [2.45, 2.75) is 13.1 Å². The third-order valence-corrected chi connectivity index (χ3v) is 3.94. The molecule has 10 heteroatoms. The lowest BCUT2D eigenvalue weighted by Gasteiger charge is -2.08. The topological polar surface area (TPSA) is 69.1 Å². The molecule has 0 amide bonds. The van der Waals surface area contributed by atoms with Crippen LogP contribution in [-0.4, -0.2) is 19.0 Å². The normalized spacial score (nSPS) is 12.2. The van der Waals surface area contributed by atoms with Gasteiger partial charge in [-0.25, -0.2) is 0 Å². The standard InChI is InChI=1S/C11H7ClF3N5S/c1-4-7(8(16)21-19-4)10-18-17-9-6(12)2-5(3-20(9)10)11(13,14)15/h2-3H,16H2,1H3. The van der Waals surface area contributed by atoms with Crippen LogP contribution < -0.4 is 5.73 Å². The maximum atomic E-state index is 12.9. The Morgan fingerprint density at radius 3 is 2.62 bits per heavy atom. The second kappa shape index (κ2) is 4.57. The Morgan fingerprint density at radius 2 is 2.05 bits per heavy atom. The summed E-state index contributed by atoms with van der Waals surface area (Å²) < 4.78 is 43.9. The molecule has 2 N–H and O–H groups in total. The summed E-state index contributed by atoms with van der Waals surface area (Å²) in [5.41, 5.74) is 6.08. The molecule has 0 aromatic carbocycles. The minimum Gasteiger partial charge on any atom is -0.389 e. The number of pyridine rings is 1. The number of nitrogen functional groups attached to an aromatic ring is 1. The van der Waals surface area contributed by atoms with Gasteiger partial charge in [0.15, 0.2) is 11.5 Å². The van der Waals surface area contributed by atoms with Crippen LogP contribution in [0.15, 0.2) is 12.3 Å². The number of hydrogen-bond donors (Lipinski definition) is 1. The van der Waals surface area contributed by atoms with Crippen LogP contribution in [0.1, 0.15) is 11.3 Å². The third-order valence-electron chi connectivity index (χ3n) is 2.90. The molecule has 5 nitrogen and oxygen atoms in total. The molecule has 3 heterocycles. The fraction of sp³-hybridized carbons (Fsp3) is 0.182. The number of fused-ring (bicyclic) bond motifs is 1. The molecule has 0 aliphatic heterocycles. The van der Waals surface area contributed by atoms with E-state index in [1.165, 1.54) is 4.40 Å².